The molecule has 0 saturated heterocycles. The smallest absolute Gasteiger partial charge is 0.333 e. The molecule has 0 spiro atoms. The third-order valence-corrected chi connectivity index (χ3v) is 4.51. The first-order valence-electron chi connectivity index (χ1n) is 10.5. The molecule has 0 aliphatic rings. The Kier molecular flexibility index (Phi) is 15.9. The van der Waals surface area contributed by atoms with Crippen LogP contribution in [-0.2, 0) is 19.1 Å². The third kappa shape index (κ3) is 16.5. The molecule has 0 aromatic rings. The molecule has 0 radical (unpaired) electrons. The van der Waals surface area contributed by atoms with E-state index in [1.165, 1.54) is 38.5 Å². The van der Waals surface area contributed by atoms with Crippen molar-refractivity contribution < 1.29 is 24.2 Å². The van der Waals surface area contributed by atoms with E-state index >= 15 is 0 Å². The van der Waals surface area contributed by atoms with Crippen LogP contribution in [0.25, 0.3) is 0 Å². The number of aliphatic hydroxyl groups excluding tert-OH is 1. The number of ether oxygens (including phenoxy) is 2. The van der Waals surface area contributed by atoms with Crippen molar-refractivity contribution in [2.75, 3.05) is 13.2 Å². The Balaban J connectivity index is 3.49. The van der Waals surface area contributed by atoms with Gasteiger partial charge in [-0.3, -0.25) is 4.79 Å². The first kappa shape index (κ1) is 25.6. The lowest BCUT2D eigenvalue weighted by molar-refractivity contribution is -0.150. The summed E-state index contributed by atoms with van der Waals surface area (Å²) in [5.74, 6) is 0.0322. The summed E-state index contributed by atoms with van der Waals surface area (Å²) < 4.78 is 9.93. The van der Waals surface area contributed by atoms with Gasteiger partial charge < -0.3 is 14.6 Å². The van der Waals surface area contributed by atoms with Gasteiger partial charge in [-0.25, -0.2) is 4.79 Å². The zero-order chi connectivity index (χ0) is 20.5. The van der Waals surface area contributed by atoms with Gasteiger partial charge in [-0.15, -0.1) is 0 Å². The first-order chi connectivity index (χ1) is 12.9. The fraction of sp³-hybridized carbons (Fsp3) is 0.818. The summed E-state index contributed by atoms with van der Waals surface area (Å²) in [6.45, 7) is 7.61. The van der Waals surface area contributed by atoms with E-state index in [2.05, 4.69) is 13.8 Å². The lowest BCUT2D eigenvalue weighted by atomic mass is 10.0. The highest BCUT2D eigenvalue weighted by atomic mass is 16.6. The molecule has 1 atom stereocenters. The Bertz CT molecular complexity index is 428. The van der Waals surface area contributed by atoms with Crippen LogP contribution >= 0.6 is 0 Å². The van der Waals surface area contributed by atoms with Crippen LogP contribution in [0.4, 0.5) is 0 Å². The van der Waals surface area contributed by atoms with Crippen LogP contribution in [0.2, 0.25) is 0 Å². The monoisotopic (exact) mass is 384 g/mol. The summed E-state index contributed by atoms with van der Waals surface area (Å²) in [5.41, 5.74) is 0.481. The second-order valence-corrected chi connectivity index (χ2v) is 7.67. The number of aliphatic hydroxyl groups is 1. The van der Waals surface area contributed by atoms with Crippen molar-refractivity contribution in [3.63, 3.8) is 0 Å². The lowest BCUT2D eigenvalue weighted by Gasteiger charge is -2.12. The van der Waals surface area contributed by atoms with Gasteiger partial charge in [-0.1, -0.05) is 71.3 Å². The van der Waals surface area contributed by atoms with E-state index in [0.29, 0.717) is 12.0 Å². The van der Waals surface area contributed by atoms with Gasteiger partial charge in [-0.05, 0) is 26.2 Å². The van der Waals surface area contributed by atoms with Gasteiger partial charge >= 0.3 is 11.9 Å². The molecule has 0 aromatic heterocycles. The van der Waals surface area contributed by atoms with Crippen LogP contribution < -0.4 is 0 Å². The number of hydrogen-bond donors (Lipinski definition) is 1. The number of allylic oxidation sites excluding steroid dienone is 1. The SMILES string of the molecule is C/C=C(/C)C(=O)OC[C@@H](O)COC(=O)CCCCCCCCCCC(C)C. The fourth-order valence-electron chi connectivity index (χ4n) is 2.60. The molecule has 5 heteroatoms. The minimum atomic E-state index is -0.988. The van der Waals surface area contributed by atoms with Crippen molar-refractivity contribution in [2.24, 2.45) is 5.92 Å². The quantitative estimate of drug-likeness (QED) is 0.231. The number of carbonyl (C=O) groups excluding carboxylic acids is 2. The predicted molar refractivity (Wildman–Crippen MR) is 108 cm³/mol. The average Bonchev–Trinajstić information content (AvgIpc) is 2.64. The Morgan fingerprint density at radius 3 is 1.96 bits per heavy atom. The van der Waals surface area contributed by atoms with Crippen LogP contribution in [-0.4, -0.2) is 36.4 Å². The maximum absolute atomic E-state index is 11.7. The van der Waals surface area contributed by atoms with E-state index in [0.717, 1.165) is 25.2 Å². The summed E-state index contributed by atoms with van der Waals surface area (Å²) in [7, 11) is 0. The summed E-state index contributed by atoms with van der Waals surface area (Å²) in [5, 5.41) is 9.69. The molecular formula is C22H40O5. The van der Waals surface area contributed by atoms with Gasteiger partial charge in [-0.2, -0.15) is 0 Å². The zero-order valence-corrected chi connectivity index (χ0v) is 17.8. The molecular weight excluding hydrogens is 344 g/mol. The Morgan fingerprint density at radius 1 is 0.889 bits per heavy atom. The van der Waals surface area contributed by atoms with Gasteiger partial charge in [0.25, 0.3) is 0 Å². The second-order valence-electron chi connectivity index (χ2n) is 7.67. The summed E-state index contributed by atoms with van der Waals surface area (Å²) in [6, 6.07) is 0. The van der Waals surface area contributed by atoms with Gasteiger partial charge in [0.2, 0.25) is 0 Å². The van der Waals surface area contributed by atoms with Crippen LogP contribution in [0.15, 0.2) is 11.6 Å². The van der Waals surface area contributed by atoms with Crippen molar-refractivity contribution in [3.8, 4) is 0 Å². The number of rotatable bonds is 16. The summed E-state index contributed by atoms with van der Waals surface area (Å²) in [6.07, 6.45) is 11.8. The van der Waals surface area contributed by atoms with E-state index in [1.54, 1.807) is 19.9 Å². The molecule has 27 heavy (non-hydrogen) atoms. The minimum Gasteiger partial charge on any atom is -0.463 e. The largest absolute Gasteiger partial charge is 0.463 e. The highest BCUT2D eigenvalue weighted by Gasteiger charge is 2.12. The van der Waals surface area contributed by atoms with E-state index in [1.807, 2.05) is 0 Å². The number of unbranched alkanes of at least 4 members (excludes halogenated alkanes) is 7. The van der Waals surface area contributed by atoms with Crippen molar-refractivity contribution in [2.45, 2.75) is 98.0 Å². The molecule has 0 aliphatic heterocycles. The highest BCUT2D eigenvalue weighted by Crippen LogP contribution is 2.13. The topological polar surface area (TPSA) is 72.8 Å². The first-order valence-corrected chi connectivity index (χ1v) is 10.5. The van der Waals surface area contributed by atoms with Gasteiger partial charge in [0.1, 0.15) is 19.3 Å². The molecule has 0 saturated carbocycles. The van der Waals surface area contributed by atoms with Gasteiger partial charge in [0.05, 0.1) is 0 Å². The van der Waals surface area contributed by atoms with E-state index in [-0.39, 0.29) is 19.2 Å². The van der Waals surface area contributed by atoms with Crippen molar-refractivity contribution in [1.82, 2.24) is 0 Å². The number of esters is 2. The van der Waals surface area contributed by atoms with E-state index in [9.17, 15) is 14.7 Å². The Hall–Kier alpha value is -1.36. The molecule has 0 aliphatic carbocycles. The predicted octanol–water partition coefficient (Wildman–Crippen LogP) is 4.96. The van der Waals surface area contributed by atoms with E-state index in [4.69, 9.17) is 9.47 Å². The zero-order valence-electron chi connectivity index (χ0n) is 17.8. The van der Waals surface area contributed by atoms with Crippen LogP contribution in [0.1, 0.15) is 91.9 Å². The molecule has 0 heterocycles. The normalized spacial score (nSPS) is 12.9. The number of carbonyl (C=O) groups is 2. The van der Waals surface area contributed by atoms with Gasteiger partial charge in [0.15, 0.2) is 0 Å². The molecule has 0 bridgehead atoms. The molecule has 5 nitrogen and oxygen atoms in total. The fourth-order valence-corrected chi connectivity index (χ4v) is 2.60. The molecule has 1 N–H and O–H groups in total. The minimum absolute atomic E-state index is 0.141. The molecule has 158 valence electrons. The van der Waals surface area contributed by atoms with Crippen LogP contribution in [0, 0.1) is 5.92 Å². The second kappa shape index (κ2) is 16.8. The van der Waals surface area contributed by atoms with Crippen molar-refractivity contribution in [3.05, 3.63) is 11.6 Å². The lowest BCUT2D eigenvalue weighted by Crippen LogP contribution is -2.25. The Morgan fingerprint density at radius 2 is 1.41 bits per heavy atom. The van der Waals surface area contributed by atoms with Crippen molar-refractivity contribution in [1.29, 1.82) is 0 Å². The van der Waals surface area contributed by atoms with Crippen molar-refractivity contribution >= 4 is 11.9 Å². The average molecular weight is 385 g/mol. The summed E-state index contributed by atoms with van der Waals surface area (Å²) >= 11 is 0. The van der Waals surface area contributed by atoms with Gasteiger partial charge in [0, 0.05) is 12.0 Å². The standard InChI is InChI=1S/C22H40O5/c1-5-19(4)22(25)27-17-20(23)16-26-21(24)15-13-11-9-7-6-8-10-12-14-18(2)3/h5,18,20,23H,6-17H2,1-4H3/b19-5-/t20-/m0/s1. The maximum Gasteiger partial charge on any atom is 0.333 e. The molecule has 0 fully saturated rings. The Labute approximate surface area is 165 Å². The van der Waals surface area contributed by atoms with Crippen LogP contribution in [0.5, 0.6) is 0 Å². The maximum atomic E-state index is 11.7. The molecule has 0 amide bonds. The molecule has 0 rings (SSSR count). The third-order valence-electron chi connectivity index (χ3n) is 4.51. The molecule has 0 unspecified atom stereocenters. The highest BCUT2D eigenvalue weighted by molar-refractivity contribution is 5.87. The van der Waals surface area contributed by atoms with Crippen LogP contribution in [0.3, 0.4) is 0 Å². The summed E-state index contributed by atoms with van der Waals surface area (Å²) in [4.78, 5) is 23.1. The molecule has 0 aromatic carbocycles. The number of hydrogen-bond acceptors (Lipinski definition) is 5. The van der Waals surface area contributed by atoms with E-state index < -0.39 is 12.1 Å².